The maximum Gasteiger partial charge on any atom is 0.303 e. The Kier molecular flexibility index (Phi) is 17.7. The van der Waals surface area contributed by atoms with E-state index in [-0.39, 0.29) is 33.0 Å². The molecule has 15 nitrogen and oxygen atoms in total. The number of carbonyl (C=O) groups excluding carboxylic acids is 3. The molecule has 0 amide bonds. The van der Waals surface area contributed by atoms with E-state index in [0.717, 1.165) is 16.7 Å². The fraction of sp³-hybridized carbons (Fsp3) is 0.417. The van der Waals surface area contributed by atoms with Gasteiger partial charge in [-0.2, -0.15) is 0 Å². The van der Waals surface area contributed by atoms with E-state index in [2.05, 4.69) is 0 Å². The molecule has 0 saturated carbocycles. The Hall–Kier alpha value is -5.52. The van der Waals surface area contributed by atoms with E-state index in [9.17, 15) is 14.4 Å². The molecule has 2 saturated heterocycles. The number of rotatable bonds is 20. The Morgan fingerprint density at radius 2 is 1.03 bits per heavy atom. The molecule has 0 aliphatic carbocycles. The first-order valence-corrected chi connectivity index (χ1v) is 20.7. The average molecular weight is 870 g/mol. The summed E-state index contributed by atoms with van der Waals surface area (Å²) in [7, 11) is 3.08. The fourth-order valence-electron chi connectivity index (χ4n) is 7.30. The monoisotopic (exact) mass is 869 g/mol. The lowest BCUT2D eigenvalue weighted by Crippen LogP contribution is -2.63. The van der Waals surface area contributed by atoms with Crippen molar-refractivity contribution in [3.05, 3.63) is 138 Å². The topological polar surface area (TPSA) is 165 Å². The van der Waals surface area contributed by atoms with E-state index < -0.39 is 79.3 Å². The second-order valence-corrected chi connectivity index (χ2v) is 14.9. The number of hydrogen-bond acceptors (Lipinski definition) is 15. The molecule has 0 N–H and O–H groups in total. The highest BCUT2D eigenvalue weighted by atomic mass is 16.7. The molecule has 15 heteroatoms. The summed E-state index contributed by atoms with van der Waals surface area (Å²) < 4.78 is 68.0. The van der Waals surface area contributed by atoms with Gasteiger partial charge in [0.25, 0.3) is 0 Å². The standard InChI is InChI=1S/C48H55NO14/c1-31(50)55-29-40-43(60-32(2)51)44(61-33(3)52)41(49-25-34-21-23-38(53-4)24-22-34)47(62-40)59-30-39-42(56-26-35-15-9-6-10-16-35)45(57-27-36-17-11-7-12-18-36)46(48(54-5)63-39)58-28-37-19-13-8-14-20-37/h6-25,39-48H,26-30H2,1-5H3/t39-,40-,41-,42-,43-,44-,45+,46+,47+,48+/m1/s1. The van der Waals surface area contributed by atoms with Gasteiger partial charge in [-0.1, -0.05) is 91.0 Å². The highest BCUT2D eigenvalue weighted by Gasteiger charge is 2.53. The molecule has 6 rings (SSSR count). The summed E-state index contributed by atoms with van der Waals surface area (Å²) in [6.07, 6.45) is -7.53. The van der Waals surface area contributed by atoms with Crippen molar-refractivity contribution in [3.63, 3.8) is 0 Å². The molecular weight excluding hydrogens is 815 g/mol. The maximum absolute atomic E-state index is 12.7. The quantitative estimate of drug-likeness (QED) is 0.0597. The Morgan fingerprint density at radius 3 is 1.54 bits per heavy atom. The van der Waals surface area contributed by atoms with Gasteiger partial charge in [0.05, 0.1) is 33.5 Å². The van der Waals surface area contributed by atoms with Gasteiger partial charge in [0, 0.05) is 34.1 Å². The molecule has 4 aromatic rings. The van der Waals surface area contributed by atoms with E-state index >= 15 is 0 Å². The number of aliphatic imine (C=N–C) groups is 1. The van der Waals surface area contributed by atoms with Crippen LogP contribution in [0.5, 0.6) is 5.75 Å². The third-order valence-electron chi connectivity index (χ3n) is 10.3. The van der Waals surface area contributed by atoms with Crippen molar-refractivity contribution in [2.75, 3.05) is 27.4 Å². The summed E-state index contributed by atoms with van der Waals surface area (Å²) in [4.78, 5) is 42.1. The first-order valence-electron chi connectivity index (χ1n) is 20.7. The molecule has 4 aromatic carbocycles. The third kappa shape index (κ3) is 13.7. The molecule has 0 aromatic heterocycles. The van der Waals surface area contributed by atoms with Crippen LogP contribution in [0.1, 0.15) is 43.0 Å². The van der Waals surface area contributed by atoms with Crippen molar-refractivity contribution in [3.8, 4) is 5.75 Å². The van der Waals surface area contributed by atoms with Gasteiger partial charge in [-0.3, -0.25) is 19.4 Å². The van der Waals surface area contributed by atoms with E-state index in [1.165, 1.54) is 27.9 Å². The van der Waals surface area contributed by atoms with Crippen LogP contribution in [-0.4, -0.2) is 113 Å². The zero-order chi connectivity index (χ0) is 44.6. The molecule has 2 fully saturated rings. The highest BCUT2D eigenvalue weighted by Crippen LogP contribution is 2.34. The lowest BCUT2D eigenvalue weighted by molar-refractivity contribution is -0.334. The van der Waals surface area contributed by atoms with Crippen LogP contribution in [0.3, 0.4) is 0 Å². The second kappa shape index (κ2) is 23.8. The van der Waals surface area contributed by atoms with E-state index in [1.807, 2.05) is 91.0 Å². The van der Waals surface area contributed by atoms with Crippen LogP contribution in [0, 0.1) is 0 Å². The zero-order valence-corrected chi connectivity index (χ0v) is 36.0. The molecule has 336 valence electrons. The number of ether oxygens (including phenoxy) is 11. The second-order valence-electron chi connectivity index (χ2n) is 14.9. The number of hydrogen-bond donors (Lipinski definition) is 0. The van der Waals surface area contributed by atoms with Gasteiger partial charge in [0.15, 0.2) is 24.8 Å². The minimum atomic E-state index is -1.29. The predicted octanol–water partition coefficient (Wildman–Crippen LogP) is 5.78. The summed E-state index contributed by atoms with van der Waals surface area (Å²) in [5.41, 5.74) is 3.46. The fourth-order valence-corrected chi connectivity index (χ4v) is 7.30. The number of methoxy groups -OCH3 is 2. The van der Waals surface area contributed by atoms with Crippen LogP contribution in [-0.2, 0) is 81.6 Å². The van der Waals surface area contributed by atoms with Crippen molar-refractivity contribution in [2.45, 2.75) is 102 Å². The molecular formula is C48H55NO14. The first kappa shape index (κ1) is 47.0. The van der Waals surface area contributed by atoms with E-state index in [1.54, 1.807) is 37.6 Å². The van der Waals surface area contributed by atoms with Crippen LogP contribution < -0.4 is 4.74 Å². The molecule has 0 radical (unpaired) electrons. The van der Waals surface area contributed by atoms with Gasteiger partial charge in [-0.05, 0) is 46.5 Å². The smallest absolute Gasteiger partial charge is 0.303 e. The summed E-state index contributed by atoms with van der Waals surface area (Å²) in [5.74, 6) is -1.33. The van der Waals surface area contributed by atoms with Crippen molar-refractivity contribution in [1.82, 2.24) is 0 Å². The van der Waals surface area contributed by atoms with Crippen molar-refractivity contribution >= 4 is 24.1 Å². The normalized spacial score (nSPS) is 25.9. The molecule has 2 heterocycles. The summed E-state index contributed by atoms with van der Waals surface area (Å²) in [6.45, 7) is 3.77. The van der Waals surface area contributed by atoms with Crippen LogP contribution in [0.15, 0.2) is 120 Å². The molecule has 2 aliphatic heterocycles. The van der Waals surface area contributed by atoms with Gasteiger partial charge < -0.3 is 52.1 Å². The SMILES string of the molecule is COc1ccc(C=N[C@H]2[C@@H](OC[C@H]3O[C@H](OC)[C@@H](OCc4ccccc4)[C@@H](OCc4ccccc4)[C@@H]3OCc3ccccc3)O[C@H](COC(C)=O)[C@@H](OC(C)=O)[C@@H]2OC(C)=O)cc1. The molecule has 2 aliphatic rings. The van der Waals surface area contributed by atoms with Crippen LogP contribution >= 0.6 is 0 Å². The van der Waals surface area contributed by atoms with Gasteiger partial charge in [0.2, 0.25) is 0 Å². The molecule has 0 bridgehead atoms. The largest absolute Gasteiger partial charge is 0.497 e. The number of carbonyl (C=O) groups is 3. The Balaban J connectivity index is 1.36. The molecule has 0 unspecified atom stereocenters. The Bertz CT molecular complexity index is 2040. The van der Waals surface area contributed by atoms with Crippen molar-refractivity contribution < 1.29 is 66.5 Å². The Labute approximate surface area is 367 Å². The summed E-state index contributed by atoms with van der Waals surface area (Å²) in [5, 5.41) is 0. The van der Waals surface area contributed by atoms with E-state index in [0.29, 0.717) is 11.3 Å². The lowest BCUT2D eigenvalue weighted by Gasteiger charge is -2.47. The zero-order valence-electron chi connectivity index (χ0n) is 36.0. The van der Waals surface area contributed by atoms with Crippen LogP contribution in [0.4, 0.5) is 0 Å². The number of nitrogens with zero attached hydrogens (tertiary/aromatic N) is 1. The molecule has 10 atom stereocenters. The third-order valence-corrected chi connectivity index (χ3v) is 10.3. The van der Waals surface area contributed by atoms with Crippen molar-refractivity contribution in [2.24, 2.45) is 4.99 Å². The first-order chi connectivity index (χ1) is 30.6. The van der Waals surface area contributed by atoms with Crippen molar-refractivity contribution in [1.29, 1.82) is 0 Å². The highest BCUT2D eigenvalue weighted by molar-refractivity contribution is 5.80. The minimum Gasteiger partial charge on any atom is -0.497 e. The van der Waals surface area contributed by atoms with Gasteiger partial charge in [-0.25, -0.2) is 0 Å². The summed E-state index contributed by atoms with van der Waals surface area (Å²) in [6, 6.07) is 35.2. The predicted molar refractivity (Wildman–Crippen MR) is 227 cm³/mol. The minimum absolute atomic E-state index is 0.192. The average Bonchev–Trinajstić information content (AvgIpc) is 3.29. The van der Waals surface area contributed by atoms with Gasteiger partial charge in [-0.15, -0.1) is 0 Å². The van der Waals surface area contributed by atoms with Gasteiger partial charge in [0.1, 0.15) is 48.9 Å². The van der Waals surface area contributed by atoms with E-state index in [4.69, 9.17) is 57.1 Å². The Morgan fingerprint density at radius 1 is 0.540 bits per heavy atom. The van der Waals surface area contributed by atoms with Crippen LogP contribution in [0.2, 0.25) is 0 Å². The summed E-state index contributed by atoms with van der Waals surface area (Å²) >= 11 is 0. The molecule has 63 heavy (non-hydrogen) atoms. The van der Waals surface area contributed by atoms with Crippen LogP contribution in [0.25, 0.3) is 0 Å². The van der Waals surface area contributed by atoms with Gasteiger partial charge >= 0.3 is 17.9 Å². The number of esters is 3. The molecule has 0 spiro atoms. The number of benzene rings is 4. The maximum atomic E-state index is 12.7. The lowest BCUT2D eigenvalue weighted by atomic mass is 9.96.